The van der Waals surface area contributed by atoms with E-state index in [0.29, 0.717) is 6.54 Å². The molecule has 1 aromatic heterocycles. The fraction of sp³-hybridized carbons (Fsp3) is 0.600. The van der Waals surface area contributed by atoms with Crippen molar-refractivity contribution < 1.29 is 5.11 Å². The highest BCUT2D eigenvalue weighted by molar-refractivity contribution is 4.72. The maximum atomic E-state index is 8.52. The van der Waals surface area contributed by atoms with Gasteiger partial charge in [0.2, 0.25) is 0 Å². The van der Waals surface area contributed by atoms with E-state index in [-0.39, 0.29) is 6.61 Å². The number of rotatable bonds is 3. The molecule has 0 bridgehead atoms. The molecule has 0 atom stereocenters. The molecule has 56 valence electrons. The summed E-state index contributed by atoms with van der Waals surface area (Å²) in [6, 6.07) is 0. The molecule has 0 aliphatic carbocycles. The third-order valence-corrected chi connectivity index (χ3v) is 1.14. The van der Waals surface area contributed by atoms with E-state index < -0.39 is 0 Å². The van der Waals surface area contributed by atoms with Gasteiger partial charge in [-0.3, -0.25) is 5.01 Å². The number of aliphatic hydroxyl groups excluding tert-OH is 1. The van der Waals surface area contributed by atoms with Crippen LogP contribution < -0.4 is 5.01 Å². The highest BCUT2D eigenvalue weighted by Crippen LogP contribution is 1.78. The van der Waals surface area contributed by atoms with E-state index in [0.717, 1.165) is 0 Å². The largest absolute Gasteiger partial charge is 0.394 e. The predicted molar refractivity (Wildman–Crippen MR) is 36.1 cm³/mol. The van der Waals surface area contributed by atoms with Gasteiger partial charge in [-0.2, -0.15) is 0 Å². The zero-order valence-electron chi connectivity index (χ0n) is 5.80. The summed E-state index contributed by atoms with van der Waals surface area (Å²) >= 11 is 0. The van der Waals surface area contributed by atoms with Gasteiger partial charge in [0, 0.05) is 7.05 Å². The molecule has 1 heterocycles. The molecule has 0 amide bonds. The van der Waals surface area contributed by atoms with Crippen molar-refractivity contribution in [2.24, 2.45) is 0 Å². The normalized spacial score (nSPS) is 9.80. The second kappa shape index (κ2) is 3.17. The summed E-state index contributed by atoms with van der Waals surface area (Å²) in [5, 5.41) is 17.9. The minimum absolute atomic E-state index is 0.109. The van der Waals surface area contributed by atoms with Crippen LogP contribution in [-0.4, -0.2) is 40.4 Å². The van der Waals surface area contributed by atoms with Crippen molar-refractivity contribution in [2.45, 2.75) is 0 Å². The molecule has 0 aliphatic rings. The number of nitrogens with zero attached hydrogens (tertiary/aromatic N) is 4. The third kappa shape index (κ3) is 1.44. The topological polar surface area (TPSA) is 54.2 Å². The van der Waals surface area contributed by atoms with Crippen molar-refractivity contribution in [1.29, 1.82) is 0 Å². The molecule has 0 radical (unpaired) electrons. The lowest BCUT2D eigenvalue weighted by atomic mass is 10.7. The Labute approximate surface area is 58.8 Å². The molecule has 1 rings (SSSR count). The third-order valence-electron chi connectivity index (χ3n) is 1.14. The van der Waals surface area contributed by atoms with Gasteiger partial charge < -0.3 is 5.11 Å². The second-order valence-electron chi connectivity index (χ2n) is 1.90. The molecular weight excluding hydrogens is 132 g/mol. The fourth-order valence-electron chi connectivity index (χ4n) is 0.619. The van der Waals surface area contributed by atoms with Crippen LogP contribution in [0.15, 0.2) is 12.4 Å². The molecule has 0 unspecified atom stereocenters. The lowest BCUT2D eigenvalue weighted by Crippen LogP contribution is -2.34. The van der Waals surface area contributed by atoms with Gasteiger partial charge in [-0.15, -0.1) is 10.2 Å². The first kappa shape index (κ1) is 7.01. The molecule has 1 aromatic rings. The van der Waals surface area contributed by atoms with Crippen LogP contribution in [0.4, 0.5) is 0 Å². The number of aromatic nitrogens is 3. The van der Waals surface area contributed by atoms with Crippen molar-refractivity contribution in [1.82, 2.24) is 15.1 Å². The van der Waals surface area contributed by atoms with Gasteiger partial charge >= 0.3 is 0 Å². The summed E-state index contributed by atoms with van der Waals surface area (Å²) in [5.41, 5.74) is 0. The number of hydrogen-bond donors (Lipinski definition) is 1. The summed E-state index contributed by atoms with van der Waals surface area (Å²) in [7, 11) is 1.80. The first-order chi connectivity index (χ1) is 4.84. The quantitative estimate of drug-likeness (QED) is 0.578. The second-order valence-corrected chi connectivity index (χ2v) is 1.90. The van der Waals surface area contributed by atoms with Crippen LogP contribution in [0.3, 0.4) is 0 Å². The van der Waals surface area contributed by atoms with E-state index in [1.54, 1.807) is 24.5 Å². The summed E-state index contributed by atoms with van der Waals surface area (Å²) in [6.45, 7) is 0.646. The van der Waals surface area contributed by atoms with E-state index in [9.17, 15) is 0 Å². The van der Waals surface area contributed by atoms with Crippen LogP contribution in [0.2, 0.25) is 0 Å². The van der Waals surface area contributed by atoms with Crippen molar-refractivity contribution in [2.75, 3.05) is 25.2 Å². The fourth-order valence-corrected chi connectivity index (χ4v) is 0.619. The van der Waals surface area contributed by atoms with Crippen molar-refractivity contribution in [3.63, 3.8) is 0 Å². The van der Waals surface area contributed by atoms with E-state index in [2.05, 4.69) is 10.2 Å². The molecule has 0 aliphatic heterocycles. The summed E-state index contributed by atoms with van der Waals surface area (Å²) in [4.78, 5) is 1.43. The van der Waals surface area contributed by atoms with E-state index in [4.69, 9.17) is 5.11 Å². The van der Waals surface area contributed by atoms with Gasteiger partial charge in [0.05, 0.1) is 25.5 Å². The standard InChI is InChI=1S/C5H10N4O/c1-8(4-5-10)9-6-2-3-7-9/h2-3,10H,4-5H2,1H3. The van der Waals surface area contributed by atoms with Crippen LogP contribution in [0.1, 0.15) is 0 Å². The van der Waals surface area contributed by atoms with E-state index >= 15 is 0 Å². The van der Waals surface area contributed by atoms with Crippen LogP contribution in [0.5, 0.6) is 0 Å². The molecule has 5 heteroatoms. The molecule has 1 N–H and O–H groups in total. The van der Waals surface area contributed by atoms with Crippen LogP contribution in [0, 0.1) is 0 Å². The van der Waals surface area contributed by atoms with Gasteiger partial charge in [-0.25, -0.2) is 0 Å². The minimum Gasteiger partial charge on any atom is -0.394 e. The monoisotopic (exact) mass is 142 g/mol. The summed E-state index contributed by atoms with van der Waals surface area (Å²) in [5.74, 6) is 0. The van der Waals surface area contributed by atoms with Gasteiger partial charge in [0.15, 0.2) is 0 Å². The van der Waals surface area contributed by atoms with Gasteiger partial charge in [0.25, 0.3) is 0 Å². The maximum absolute atomic E-state index is 8.52. The Kier molecular flexibility index (Phi) is 2.22. The average Bonchev–Trinajstić information content (AvgIpc) is 2.38. The highest BCUT2D eigenvalue weighted by Gasteiger charge is 1.96. The van der Waals surface area contributed by atoms with Crippen LogP contribution in [0.25, 0.3) is 0 Å². The Morgan fingerprint density at radius 1 is 1.50 bits per heavy atom. The van der Waals surface area contributed by atoms with Crippen molar-refractivity contribution in [3.8, 4) is 0 Å². The molecular formula is C5H10N4O. The Hall–Kier alpha value is -1.10. The Bertz CT molecular complexity index is 174. The van der Waals surface area contributed by atoms with Crippen LogP contribution in [-0.2, 0) is 0 Å². The average molecular weight is 142 g/mol. The van der Waals surface area contributed by atoms with Gasteiger partial charge in [-0.1, -0.05) is 4.91 Å². The molecule has 0 saturated carbocycles. The van der Waals surface area contributed by atoms with Gasteiger partial charge in [-0.05, 0) is 0 Å². The lowest BCUT2D eigenvalue weighted by molar-refractivity contribution is 0.288. The molecule has 0 saturated heterocycles. The lowest BCUT2D eigenvalue weighted by Gasteiger charge is -2.14. The molecule has 0 fully saturated rings. The summed E-state index contributed by atoms with van der Waals surface area (Å²) < 4.78 is 0. The van der Waals surface area contributed by atoms with Crippen molar-refractivity contribution >= 4 is 0 Å². The zero-order valence-corrected chi connectivity index (χ0v) is 5.80. The minimum atomic E-state index is 0.109. The number of hydrogen-bond acceptors (Lipinski definition) is 4. The Balaban J connectivity index is 2.50. The molecule has 0 spiro atoms. The smallest absolute Gasteiger partial charge is 0.0714 e. The van der Waals surface area contributed by atoms with E-state index in [1.165, 1.54) is 4.91 Å². The molecule has 10 heavy (non-hydrogen) atoms. The number of likely N-dealkylation sites (N-methyl/N-ethyl adjacent to an activating group) is 1. The predicted octanol–water partition coefficient (Wildman–Crippen LogP) is -1.16. The first-order valence-corrected chi connectivity index (χ1v) is 3.03. The SMILES string of the molecule is CN(CCO)n1nccn1. The zero-order chi connectivity index (χ0) is 7.40. The first-order valence-electron chi connectivity index (χ1n) is 3.03. The van der Waals surface area contributed by atoms with Gasteiger partial charge in [0.1, 0.15) is 0 Å². The van der Waals surface area contributed by atoms with E-state index in [1.807, 2.05) is 0 Å². The molecule has 5 nitrogen and oxygen atoms in total. The number of aliphatic hydroxyl groups is 1. The van der Waals surface area contributed by atoms with Crippen molar-refractivity contribution in [3.05, 3.63) is 12.4 Å². The summed E-state index contributed by atoms with van der Waals surface area (Å²) in [6.07, 6.45) is 3.18. The highest BCUT2D eigenvalue weighted by atomic mass is 16.3. The Morgan fingerprint density at radius 3 is 2.60 bits per heavy atom. The Morgan fingerprint density at radius 2 is 2.10 bits per heavy atom. The maximum Gasteiger partial charge on any atom is 0.0714 e. The van der Waals surface area contributed by atoms with Crippen LogP contribution >= 0.6 is 0 Å². The molecule has 0 aromatic carbocycles.